The first-order valence-electron chi connectivity index (χ1n) is 7.21. The molecular formula is C14H17F2N5O2. The molecule has 0 atom stereocenters. The monoisotopic (exact) mass is 325 g/mol. The standard InChI is InChI=1S/C14H17F2N5O2/c1-13(2,3)23-12(22)20-10-7-17-9-6-18-21(11(9)19-10)8-4-14(15,16)5-8/h6-8H,4-5H2,1-3H3,(H,19,20,22). The van der Waals surface area contributed by atoms with E-state index in [0.717, 1.165) is 0 Å². The van der Waals surface area contributed by atoms with Crippen LogP contribution in [0.4, 0.5) is 19.4 Å². The summed E-state index contributed by atoms with van der Waals surface area (Å²) in [6.07, 6.45) is 1.64. The quantitative estimate of drug-likeness (QED) is 0.917. The van der Waals surface area contributed by atoms with E-state index in [9.17, 15) is 13.6 Å². The van der Waals surface area contributed by atoms with Gasteiger partial charge >= 0.3 is 6.09 Å². The first kappa shape index (κ1) is 15.6. The van der Waals surface area contributed by atoms with Crippen LogP contribution in [0.2, 0.25) is 0 Å². The van der Waals surface area contributed by atoms with Gasteiger partial charge in [0.2, 0.25) is 0 Å². The molecule has 1 saturated carbocycles. The third-order valence-corrected chi connectivity index (χ3v) is 3.35. The first-order chi connectivity index (χ1) is 10.6. The number of ether oxygens (including phenoxy) is 1. The number of nitrogens with zero attached hydrogens (tertiary/aromatic N) is 4. The Balaban J connectivity index is 1.80. The summed E-state index contributed by atoms with van der Waals surface area (Å²) in [5, 5.41) is 6.55. The van der Waals surface area contributed by atoms with Gasteiger partial charge in [0.05, 0.1) is 18.4 Å². The number of rotatable bonds is 2. The van der Waals surface area contributed by atoms with Crippen LogP contribution in [-0.4, -0.2) is 37.4 Å². The number of hydrogen-bond acceptors (Lipinski definition) is 5. The minimum absolute atomic E-state index is 0.180. The number of anilines is 1. The summed E-state index contributed by atoms with van der Waals surface area (Å²) in [5.41, 5.74) is 0.204. The van der Waals surface area contributed by atoms with E-state index in [1.54, 1.807) is 20.8 Å². The van der Waals surface area contributed by atoms with Crippen molar-refractivity contribution >= 4 is 23.1 Å². The maximum absolute atomic E-state index is 13.0. The van der Waals surface area contributed by atoms with Crippen LogP contribution in [-0.2, 0) is 4.74 Å². The van der Waals surface area contributed by atoms with Crippen LogP contribution in [0.1, 0.15) is 39.7 Å². The van der Waals surface area contributed by atoms with Gasteiger partial charge in [-0.1, -0.05) is 0 Å². The maximum Gasteiger partial charge on any atom is 0.413 e. The molecule has 0 aromatic carbocycles. The summed E-state index contributed by atoms with van der Waals surface area (Å²) >= 11 is 0. The van der Waals surface area contributed by atoms with E-state index in [-0.39, 0.29) is 18.7 Å². The van der Waals surface area contributed by atoms with Crippen molar-refractivity contribution in [2.75, 3.05) is 5.32 Å². The Kier molecular flexibility index (Phi) is 3.46. The van der Waals surface area contributed by atoms with Gasteiger partial charge in [-0.05, 0) is 20.8 Å². The largest absolute Gasteiger partial charge is 0.444 e. The van der Waals surface area contributed by atoms with Gasteiger partial charge in [-0.3, -0.25) is 5.32 Å². The molecule has 1 aliphatic rings. The molecule has 0 unspecified atom stereocenters. The number of alkyl halides is 2. The lowest BCUT2D eigenvalue weighted by Gasteiger charge is -2.34. The number of hydrogen-bond donors (Lipinski definition) is 1. The third kappa shape index (κ3) is 3.38. The molecule has 124 valence electrons. The van der Waals surface area contributed by atoms with Gasteiger partial charge in [0.25, 0.3) is 5.92 Å². The van der Waals surface area contributed by atoms with Gasteiger partial charge in [0.15, 0.2) is 11.5 Å². The van der Waals surface area contributed by atoms with Gasteiger partial charge < -0.3 is 4.74 Å². The van der Waals surface area contributed by atoms with E-state index in [1.165, 1.54) is 17.1 Å². The fourth-order valence-electron chi connectivity index (χ4n) is 2.36. The van der Waals surface area contributed by atoms with Crippen molar-refractivity contribution < 1.29 is 18.3 Å². The molecule has 9 heteroatoms. The second kappa shape index (κ2) is 5.10. The fourth-order valence-corrected chi connectivity index (χ4v) is 2.36. The molecule has 1 N–H and O–H groups in total. The lowest BCUT2D eigenvalue weighted by Crippen LogP contribution is -2.37. The zero-order valence-corrected chi connectivity index (χ0v) is 13.0. The fraction of sp³-hybridized carbons (Fsp3) is 0.571. The van der Waals surface area contributed by atoms with E-state index in [1.807, 2.05) is 0 Å². The van der Waals surface area contributed by atoms with E-state index in [4.69, 9.17) is 4.74 Å². The predicted molar refractivity (Wildman–Crippen MR) is 78.4 cm³/mol. The number of carbonyl (C=O) groups is 1. The van der Waals surface area contributed by atoms with Gasteiger partial charge in [-0.15, -0.1) is 0 Å². The van der Waals surface area contributed by atoms with E-state index < -0.39 is 23.7 Å². The average Bonchev–Trinajstić information content (AvgIpc) is 2.76. The lowest BCUT2D eigenvalue weighted by atomic mass is 9.88. The van der Waals surface area contributed by atoms with Crippen LogP contribution in [0, 0.1) is 0 Å². The summed E-state index contributed by atoms with van der Waals surface area (Å²) in [4.78, 5) is 20.1. The summed E-state index contributed by atoms with van der Waals surface area (Å²) in [6, 6.07) is -0.409. The molecule has 0 spiro atoms. The van der Waals surface area contributed by atoms with Crippen molar-refractivity contribution in [2.45, 2.75) is 51.2 Å². The molecule has 3 rings (SSSR count). The van der Waals surface area contributed by atoms with Crippen molar-refractivity contribution in [3.05, 3.63) is 12.4 Å². The van der Waals surface area contributed by atoms with Crippen LogP contribution in [0.5, 0.6) is 0 Å². The molecule has 2 aromatic rings. The minimum atomic E-state index is -2.65. The summed E-state index contributed by atoms with van der Waals surface area (Å²) in [6.45, 7) is 5.23. The maximum atomic E-state index is 13.0. The van der Waals surface area contributed by atoms with Gasteiger partial charge in [-0.25, -0.2) is 28.2 Å². The van der Waals surface area contributed by atoms with Crippen LogP contribution in [0.25, 0.3) is 11.2 Å². The number of halogens is 2. The highest BCUT2D eigenvalue weighted by atomic mass is 19.3. The molecule has 0 saturated heterocycles. The smallest absolute Gasteiger partial charge is 0.413 e. The van der Waals surface area contributed by atoms with Crippen molar-refractivity contribution in [3.8, 4) is 0 Å². The van der Waals surface area contributed by atoms with Crippen molar-refractivity contribution in [3.63, 3.8) is 0 Å². The number of nitrogens with one attached hydrogen (secondary N) is 1. The van der Waals surface area contributed by atoms with Crippen molar-refractivity contribution in [1.29, 1.82) is 0 Å². The number of amides is 1. The minimum Gasteiger partial charge on any atom is -0.444 e. The third-order valence-electron chi connectivity index (χ3n) is 3.35. The Hall–Kier alpha value is -2.32. The van der Waals surface area contributed by atoms with Crippen molar-refractivity contribution in [1.82, 2.24) is 19.7 Å². The Morgan fingerprint density at radius 3 is 2.70 bits per heavy atom. The SMILES string of the molecule is CC(C)(C)OC(=O)Nc1cnc2cnn(C3CC(F)(F)C3)c2n1. The second-order valence-corrected chi connectivity index (χ2v) is 6.60. The number of carbonyl (C=O) groups excluding carboxylic acids is 1. The Labute approximate surface area is 131 Å². The van der Waals surface area contributed by atoms with E-state index >= 15 is 0 Å². The normalized spacial score (nSPS) is 17.8. The number of aromatic nitrogens is 4. The van der Waals surface area contributed by atoms with E-state index in [2.05, 4.69) is 20.4 Å². The summed E-state index contributed by atoms with van der Waals surface area (Å²) < 4.78 is 32.6. The molecule has 0 bridgehead atoms. The molecular weight excluding hydrogens is 308 g/mol. The molecule has 23 heavy (non-hydrogen) atoms. The molecule has 2 heterocycles. The zero-order chi connectivity index (χ0) is 16.8. The molecule has 0 radical (unpaired) electrons. The highest BCUT2D eigenvalue weighted by molar-refractivity contribution is 5.84. The van der Waals surface area contributed by atoms with Gasteiger partial charge in [0.1, 0.15) is 11.1 Å². The molecule has 1 aliphatic carbocycles. The summed E-state index contributed by atoms with van der Waals surface area (Å²) in [5.74, 6) is -2.47. The van der Waals surface area contributed by atoms with Gasteiger partial charge in [-0.2, -0.15) is 5.10 Å². The predicted octanol–water partition coefficient (Wildman–Crippen LogP) is 3.14. The zero-order valence-electron chi connectivity index (χ0n) is 13.0. The first-order valence-corrected chi connectivity index (χ1v) is 7.21. The number of fused-ring (bicyclic) bond motifs is 1. The van der Waals surface area contributed by atoms with Gasteiger partial charge in [0, 0.05) is 12.8 Å². The van der Waals surface area contributed by atoms with Crippen LogP contribution in [0.15, 0.2) is 12.4 Å². The molecule has 1 amide bonds. The highest BCUT2D eigenvalue weighted by Crippen LogP contribution is 2.45. The molecule has 0 aliphatic heterocycles. The Morgan fingerprint density at radius 2 is 2.09 bits per heavy atom. The molecule has 7 nitrogen and oxygen atoms in total. The second-order valence-electron chi connectivity index (χ2n) is 6.60. The topological polar surface area (TPSA) is 81.9 Å². The Morgan fingerprint density at radius 1 is 1.39 bits per heavy atom. The Bertz CT molecular complexity index is 745. The van der Waals surface area contributed by atoms with Crippen LogP contribution < -0.4 is 5.32 Å². The molecule has 2 aromatic heterocycles. The van der Waals surface area contributed by atoms with E-state index in [0.29, 0.717) is 11.2 Å². The summed E-state index contributed by atoms with van der Waals surface area (Å²) in [7, 11) is 0. The highest BCUT2D eigenvalue weighted by Gasteiger charge is 2.47. The lowest BCUT2D eigenvalue weighted by molar-refractivity contribution is -0.106. The average molecular weight is 325 g/mol. The molecule has 1 fully saturated rings. The van der Waals surface area contributed by atoms with Crippen molar-refractivity contribution in [2.24, 2.45) is 0 Å². The van der Waals surface area contributed by atoms with Crippen LogP contribution >= 0.6 is 0 Å². The van der Waals surface area contributed by atoms with Crippen LogP contribution in [0.3, 0.4) is 0 Å².